The molecule has 0 bridgehead atoms. The van der Waals surface area contributed by atoms with Crippen molar-refractivity contribution in [1.29, 1.82) is 0 Å². The highest BCUT2D eigenvalue weighted by molar-refractivity contribution is 7.39. The van der Waals surface area contributed by atoms with E-state index in [-0.39, 0.29) is 0 Å². The number of hydrogen-bond donors (Lipinski definition) is 2. The zero-order valence-corrected chi connectivity index (χ0v) is 19.9. The molecule has 2 aromatic rings. The highest BCUT2D eigenvalue weighted by atomic mass is 31.2. The zero-order valence-electron chi connectivity index (χ0n) is 19.0. The van der Waals surface area contributed by atoms with Gasteiger partial charge >= 0.3 is 8.60 Å². The minimum absolute atomic E-state index is 0.434. The predicted octanol–water partition coefficient (Wildman–Crippen LogP) is 7.72. The van der Waals surface area contributed by atoms with Crippen molar-refractivity contribution in [3.63, 3.8) is 0 Å². The maximum Gasteiger partial charge on any atom is 0.327 e. The van der Waals surface area contributed by atoms with Crippen molar-refractivity contribution in [2.75, 3.05) is 0 Å². The molecule has 2 aromatic carbocycles. The number of rotatable bonds is 6. The van der Waals surface area contributed by atoms with Gasteiger partial charge in [-0.2, -0.15) is 0 Å². The summed E-state index contributed by atoms with van der Waals surface area (Å²) in [6, 6.07) is 13.3. The molecule has 2 fully saturated rings. The fourth-order valence-corrected chi connectivity index (χ4v) is 6.19. The molecule has 4 rings (SSSR count). The Hall–Kier alpha value is -1.25. The first kappa shape index (κ1) is 22.9. The largest absolute Gasteiger partial charge is 0.328 e. The quantitative estimate of drug-likeness (QED) is 0.452. The molecule has 2 aliphatic rings. The van der Waals surface area contributed by atoms with Crippen LogP contribution in [0, 0.1) is 13.8 Å². The van der Waals surface area contributed by atoms with E-state index in [4.69, 9.17) is 4.52 Å². The second kappa shape index (κ2) is 10.6. The second-order valence-corrected chi connectivity index (χ2v) is 10.4. The minimum Gasteiger partial charge on any atom is -0.328 e. The molecule has 0 aromatic heterocycles. The Balaban J connectivity index is 1.81. The second-order valence-electron chi connectivity index (χ2n) is 9.67. The molecule has 0 atom stereocenters. The maximum absolute atomic E-state index is 9.96. The Labute approximate surface area is 188 Å². The summed E-state index contributed by atoms with van der Waals surface area (Å²) in [7, 11) is -2.46. The Kier molecular flexibility index (Phi) is 7.82. The first-order valence-electron chi connectivity index (χ1n) is 12.1. The monoisotopic (exact) mass is 440 g/mol. The van der Waals surface area contributed by atoms with Crippen LogP contribution >= 0.6 is 8.60 Å². The first-order chi connectivity index (χ1) is 15.0. The van der Waals surface area contributed by atoms with E-state index in [0.717, 1.165) is 11.1 Å². The number of aryl methyl sites for hydroxylation is 2. The number of hydrogen-bond acceptors (Lipinski definition) is 3. The molecule has 2 saturated carbocycles. The lowest BCUT2D eigenvalue weighted by Crippen LogP contribution is -2.16. The van der Waals surface area contributed by atoms with Gasteiger partial charge in [-0.25, -0.2) is 0 Å². The van der Waals surface area contributed by atoms with E-state index >= 15 is 0 Å². The van der Waals surface area contributed by atoms with E-state index in [1.807, 2.05) is 0 Å². The lowest BCUT2D eigenvalue weighted by molar-refractivity contribution is 0.200. The van der Waals surface area contributed by atoms with Gasteiger partial charge in [-0.3, -0.25) is 4.52 Å². The highest BCUT2D eigenvalue weighted by Crippen LogP contribution is 2.47. The van der Waals surface area contributed by atoms with Crippen molar-refractivity contribution < 1.29 is 14.3 Å². The maximum atomic E-state index is 9.96. The normalized spacial score (nSPS) is 18.8. The van der Waals surface area contributed by atoms with Gasteiger partial charge in [0.2, 0.25) is 0 Å². The molecule has 0 aliphatic heterocycles. The summed E-state index contributed by atoms with van der Waals surface area (Å²) in [5.74, 6) is 1.06. The van der Waals surface area contributed by atoms with Crippen LogP contribution in [-0.2, 0) is 4.52 Å². The Morgan fingerprint density at radius 1 is 0.710 bits per heavy atom. The van der Waals surface area contributed by atoms with Crippen LogP contribution in [0.15, 0.2) is 36.4 Å². The van der Waals surface area contributed by atoms with Crippen LogP contribution in [0.3, 0.4) is 0 Å². The van der Waals surface area contributed by atoms with Crippen LogP contribution in [-0.4, -0.2) is 9.79 Å². The average Bonchev–Trinajstić information content (AvgIpc) is 2.79. The van der Waals surface area contributed by atoms with Crippen LogP contribution in [0.25, 0.3) is 0 Å². The van der Waals surface area contributed by atoms with Crippen molar-refractivity contribution in [3.05, 3.63) is 69.8 Å². The van der Waals surface area contributed by atoms with Crippen LogP contribution < -0.4 is 0 Å². The molecule has 0 unspecified atom stereocenters. The summed E-state index contributed by atoms with van der Waals surface area (Å²) < 4.78 is 5.94. The van der Waals surface area contributed by atoms with Crippen LogP contribution in [0.2, 0.25) is 0 Å². The molecule has 2 aliphatic carbocycles. The first-order valence-corrected chi connectivity index (χ1v) is 13.2. The van der Waals surface area contributed by atoms with Gasteiger partial charge < -0.3 is 9.79 Å². The van der Waals surface area contributed by atoms with Crippen LogP contribution in [0.1, 0.15) is 116 Å². The molecule has 4 heteroatoms. The van der Waals surface area contributed by atoms with Crippen molar-refractivity contribution in [2.45, 2.75) is 96.0 Å². The van der Waals surface area contributed by atoms with E-state index in [9.17, 15) is 9.79 Å². The molecule has 3 nitrogen and oxygen atoms in total. The highest BCUT2D eigenvalue weighted by Gasteiger charge is 2.30. The summed E-state index contributed by atoms with van der Waals surface area (Å²) in [5.41, 5.74) is 7.45. The van der Waals surface area contributed by atoms with E-state index in [2.05, 4.69) is 50.2 Å². The zero-order chi connectivity index (χ0) is 21.8. The van der Waals surface area contributed by atoms with Crippen molar-refractivity contribution in [2.24, 2.45) is 0 Å². The molecule has 168 valence electrons. The van der Waals surface area contributed by atoms with Crippen molar-refractivity contribution >= 4 is 8.60 Å². The molecular weight excluding hydrogens is 403 g/mol. The van der Waals surface area contributed by atoms with Crippen molar-refractivity contribution in [1.82, 2.24) is 0 Å². The third-order valence-electron chi connectivity index (χ3n) is 7.34. The van der Waals surface area contributed by atoms with Gasteiger partial charge in [-0.05, 0) is 73.6 Å². The third kappa shape index (κ3) is 5.57. The Bertz CT molecular complexity index is 799. The fourth-order valence-electron chi connectivity index (χ4n) is 5.78. The molecule has 2 N–H and O–H groups in total. The molecule has 0 spiro atoms. The lowest BCUT2D eigenvalue weighted by Gasteiger charge is -2.31. The lowest BCUT2D eigenvalue weighted by atomic mass is 9.77. The molecule has 0 saturated heterocycles. The third-order valence-corrected chi connectivity index (χ3v) is 7.74. The Morgan fingerprint density at radius 3 is 1.52 bits per heavy atom. The van der Waals surface area contributed by atoms with Crippen LogP contribution in [0.5, 0.6) is 0 Å². The molecule has 0 radical (unpaired) electrons. The van der Waals surface area contributed by atoms with E-state index in [0.29, 0.717) is 11.8 Å². The molecule has 0 heterocycles. The molecule has 0 amide bonds. The smallest absolute Gasteiger partial charge is 0.327 e. The number of benzene rings is 2. The van der Waals surface area contributed by atoms with Gasteiger partial charge in [0.1, 0.15) is 6.10 Å². The van der Waals surface area contributed by atoms with E-state index in [1.54, 1.807) is 0 Å². The summed E-state index contributed by atoms with van der Waals surface area (Å²) >= 11 is 0. The van der Waals surface area contributed by atoms with Gasteiger partial charge in [0.15, 0.2) is 0 Å². The van der Waals surface area contributed by atoms with Gasteiger partial charge in [0.25, 0.3) is 0 Å². The topological polar surface area (TPSA) is 49.7 Å². The standard InChI is InChI=1S/C27H37O3P/c1-19-13-15-23(25(17-19)21-9-5-3-6-10-21)27(30-31(28)29)24-16-14-20(2)18-26(24)22-11-7-4-8-12-22/h13-18,21-22,27-29H,3-12H2,1-2H3. The van der Waals surface area contributed by atoms with Gasteiger partial charge in [-0.15, -0.1) is 0 Å². The SMILES string of the molecule is Cc1ccc(C(OP(O)O)c2ccc(C)cc2C2CCCCC2)c(C2CCCCC2)c1. The predicted molar refractivity (Wildman–Crippen MR) is 128 cm³/mol. The van der Waals surface area contributed by atoms with Gasteiger partial charge in [0.05, 0.1) is 0 Å². The molecule has 31 heavy (non-hydrogen) atoms. The summed E-state index contributed by atoms with van der Waals surface area (Å²) in [6.45, 7) is 4.30. The Morgan fingerprint density at radius 2 is 1.13 bits per heavy atom. The summed E-state index contributed by atoms with van der Waals surface area (Å²) in [6.07, 6.45) is 12.1. The van der Waals surface area contributed by atoms with E-state index in [1.165, 1.54) is 86.5 Å². The summed E-state index contributed by atoms with van der Waals surface area (Å²) in [5, 5.41) is 0. The van der Waals surface area contributed by atoms with Gasteiger partial charge in [-0.1, -0.05) is 86.1 Å². The minimum atomic E-state index is -2.46. The average molecular weight is 441 g/mol. The summed E-state index contributed by atoms with van der Waals surface area (Å²) in [4.78, 5) is 19.9. The fraction of sp³-hybridized carbons (Fsp3) is 0.556. The van der Waals surface area contributed by atoms with Gasteiger partial charge in [0, 0.05) is 0 Å². The van der Waals surface area contributed by atoms with E-state index < -0.39 is 14.7 Å². The molecular formula is C27H37O3P. The van der Waals surface area contributed by atoms with Crippen LogP contribution in [0.4, 0.5) is 0 Å². The van der Waals surface area contributed by atoms with Crippen molar-refractivity contribution in [3.8, 4) is 0 Å².